The van der Waals surface area contributed by atoms with E-state index < -0.39 is 23.4 Å². The Morgan fingerprint density at radius 3 is 2.14 bits per heavy atom. The molecule has 0 fully saturated rings. The Morgan fingerprint density at radius 1 is 0.810 bits per heavy atom. The lowest BCUT2D eigenvalue weighted by molar-refractivity contribution is 0.0123. The summed E-state index contributed by atoms with van der Waals surface area (Å²) in [5.41, 5.74) is 0.948. The number of hydrogen-bond acceptors (Lipinski definition) is 5. The van der Waals surface area contributed by atoms with Crippen molar-refractivity contribution in [3.8, 4) is 34.5 Å². The van der Waals surface area contributed by atoms with Crippen molar-refractivity contribution in [3.05, 3.63) is 41.5 Å². The Balaban J connectivity index is 2.01. The summed E-state index contributed by atoms with van der Waals surface area (Å²) in [5.74, 6) is -1.28. The van der Waals surface area contributed by atoms with E-state index in [-0.39, 0.29) is 11.5 Å². The molecule has 0 saturated heterocycles. The van der Waals surface area contributed by atoms with Crippen molar-refractivity contribution >= 4 is 6.08 Å². The van der Waals surface area contributed by atoms with E-state index in [1.54, 1.807) is 12.2 Å². The Labute approximate surface area is 119 Å². The summed E-state index contributed by atoms with van der Waals surface area (Å²) >= 11 is 0. The number of hydrogen-bond donors (Lipinski definition) is 5. The van der Waals surface area contributed by atoms with Crippen LogP contribution in [0, 0.1) is 0 Å². The van der Waals surface area contributed by atoms with Gasteiger partial charge in [-0.3, -0.25) is 0 Å². The van der Waals surface area contributed by atoms with Crippen molar-refractivity contribution in [3.63, 3.8) is 0 Å². The van der Waals surface area contributed by atoms with Crippen molar-refractivity contribution in [2.24, 2.45) is 0 Å². The van der Waals surface area contributed by atoms with Crippen LogP contribution in [0.3, 0.4) is 0 Å². The van der Waals surface area contributed by atoms with Gasteiger partial charge in [0.15, 0.2) is 17.2 Å². The Morgan fingerprint density at radius 2 is 1.48 bits per heavy atom. The first kappa shape index (κ1) is 13.0. The van der Waals surface area contributed by atoms with Crippen molar-refractivity contribution in [2.75, 3.05) is 0 Å². The van der Waals surface area contributed by atoms with Crippen LogP contribution in [0.25, 0.3) is 6.08 Å². The third kappa shape index (κ3) is 2.16. The highest BCUT2D eigenvalue weighted by Gasteiger charge is 2.26. The number of ether oxygens (including phenoxy) is 1. The average molecular weight is 289 g/mol. The van der Waals surface area contributed by atoms with Gasteiger partial charge in [0, 0.05) is 12.1 Å². The zero-order chi connectivity index (χ0) is 15.1. The fourth-order valence-corrected chi connectivity index (χ4v) is 2.25. The highest BCUT2D eigenvalue weighted by Crippen LogP contribution is 2.43. The van der Waals surface area contributed by atoms with Crippen molar-refractivity contribution in [1.29, 1.82) is 0 Å². The number of aromatic hydroxyl groups is 6. The molecular formula is C15H13O6+. The molecule has 0 radical (unpaired) electrons. The largest absolute Gasteiger partial charge is 0.574 e. The maximum absolute atomic E-state index is 9.73. The molecule has 0 aliphatic carbocycles. The molecule has 0 bridgehead atoms. The van der Waals surface area contributed by atoms with Crippen LogP contribution in [-0.2, 0) is 0 Å². The summed E-state index contributed by atoms with van der Waals surface area (Å²) < 4.78 is 4.34. The van der Waals surface area contributed by atoms with E-state index in [9.17, 15) is 25.5 Å². The van der Waals surface area contributed by atoms with Crippen molar-refractivity contribution < 1.29 is 30.3 Å². The van der Waals surface area contributed by atoms with Gasteiger partial charge in [-0.1, -0.05) is 0 Å². The molecule has 1 heterocycles. The molecule has 1 aliphatic rings. The van der Waals surface area contributed by atoms with Gasteiger partial charge < -0.3 is 30.3 Å². The zero-order valence-electron chi connectivity index (χ0n) is 10.7. The second-order valence-electron chi connectivity index (χ2n) is 4.74. The molecule has 0 aromatic heterocycles. The van der Waals surface area contributed by atoms with Crippen LogP contribution < -0.4 is 0 Å². The maximum Gasteiger partial charge on any atom is 0.270 e. The fraction of sp³-hybridized carbons (Fsp3) is 0.0667. The lowest BCUT2D eigenvalue weighted by atomic mass is 10.0. The predicted octanol–water partition coefficient (Wildman–Crippen LogP) is 2.22. The number of fused-ring (bicyclic) bond motifs is 1. The highest BCUT2D eigenvalue weighted by atomic mass is 16.5. The third-order valence-corrected chi connectivity index (χ3v) is 3.28. The molecule has 0 spiro atoms. The second kappa shape index (κ2) is 4.52. The van der Waals surface area contributed by atoms with Gasteiger partial charge in [0.2, 0.25) is 6.10 Å². The highest BCUT2D eigenvalue weighted by molar-refractivity contribution is 5.68. The molecule has 6 heteroatoms. The first-order valence-electron chi connectivity index (χ1n) is 6.15. The van der Waals surface area contributed by atoms with E-state index >= 15 is 0 Å². The van der Waals surface area contributed by atoms with Crippen LogP contribution in [0.5, 0.6) is 34.5 Å². The summed E-state index contributed by atoms with van der Waals surface area (Å²) in [4.78, 5) is 0. The Kier molecular flexibility index (Phi) is 2.79. The quantitative estimate of drug-likeness (QED) is 0.408. The first-order valence-corrected chi connectivity index (χ1v) is 6.15. The van der Waals surface area contributed by atoms with Crippen LogP contribution >= 0.6 is 0 Å². The van der Waals surface area contributed by atoms with E-state index in [1.165, 1.54) is 24.3 Å². The molecule has 0 amide bonds. The monoisotopic (exact) mass is 289 g/mol. The summed E-state index contributed by atoms with van der Waals surface area (Å²) in [6.07, 6.45) is 2.80. The lowest BCUT2D eigenvalue weighted by Gasteiger charge is -2.20. The van der Waals surface area contributed by atoms with E-state index in [2.05, 4.69) is 4.74 Å². The molecule has 2 aromatic rings. The van der Waals surface area contributed by atoms with E-state index in [1.807, 2.05) is 0 Å². The second-order valence-corrected chi connectivity index (χ2v) is 4.74. The SMILES string of the molecule is Oc1cc(O)c2c(c1)[OH+]C(c1cc(O)c(O)c(O)c1)C=C2. The lowest BCUT2D eigenvalue weighted by Crippen LogP contribution is -2.06. The zero-order valence-corrected chi connectivity index (χ0v) is 10.7. The van der Waals surface area contributed by atoms with E-state index in [0.717, 1.165) is 0 Å². The van der Waals surface area contributed by atoms with Gasteiger partial charge in [-0.2, -0.15) is 0 Å². The minimum absolute atomic E-state index is 0.0835. The minimum atomic E-state index is -0.589. The number of rotatable bonds is 1. The van der Waals surface area contributed by atoms with Crippen molar-refractivity contribution in [1.82, 2.24) is 0 Å². The van der Waals surface area contributed by atoms with Crippen molar-refractivity contribution in [2.45, 2.75) is 6.10 Å². The molecule has 1 atom stereocenters. The molecule has 6 N–H and O–H groups in total. The number of benzene rings is 2. The number of aliphatic hydroxyl groups is 1. The smallest absolute Gasteiger partial charge is 0.270 e. The van der Waals surface area contributed by atoms with Crippen LogP contribution in [0.2, 0.25) is 0 Å². The summed E-state index contributed by atoms with van der Waals surface area (Å²) in [6.45, 7) is 0. The first-order chi connectivity index (χ1) is 9.95. The van der Waals surface area contributed by atoms with Crippen LogP contribution in [-0.4, -0.2) is 30.3 Å². The van der Waals surface area contributed by atoms with Gasteiger partial charge >= 0.3 is 0 Å². The predicted molar refractivity (Wildman–Crippen MR) is 74.6 cm³/mol. The number of phenols is 5. The molecule has 3 rings (SSSR count). The third-order valence-electron chi connectivity index (χ3n) is 3.28. The van der Waals surface area contributed by atoms with Gasteiger partial charge in [-0.15, -0.1) is 0 Å². The molecule has 2 aromatic carbocycles. The molecule has 108 valence electrons. The average Bonchev–Trinajstić information content (AvgIpc) is 2.43. The van der Waals surface area contributed by atoms with Gasteiger partial charge in [-0.05, 0) is 18.2 Å². The van der Waals surface area contributed by atoms with Gasteiger partial charge in [-0.25, -0.2) is 0 Å². The van der Waals surface area contributed by atoms with E-state index in [0.29, 0.717) is 16.9 Å². The van der Waals surface area contributed by atoms with Crippen LogP contribution in [0.4, 0.5) is 0 Å². The molecular weight excluding hydrogens is 276 g/mol. The topological polar surface area (TPSA) is 114 Å². The molecule has 0 saturated carbocycles. The number of phenolic OH excluding ortho intramolecular Hbond substituents is 5. The van der Waals surface area contributed by atoms with Crippen LogP contribution in [0.15, 0.2) is 30.3 Å². The molecule has 1 unspecified atom stereocenters. The summed E-state index contributed by atoms with van der Waals surface area (Å²) in [7, 11) is 0. The van der Waals surface area contributed by atoms with E-state index in [4.69, 9.17) is 0 Å². The van der Waals surface area contributed by atoms with Gasteiger partial charge in [0.1, 0.15) is 17.1 Å². The standard InChI is InChI=1S/C15H12O6/c16-8-5-10(17)9-1-2-13(21-14(9)6-8)7-3-11(18)15(20)12(19)4-7/h1-6,13,16-20H/p+1. The summed E-state index contributed by atoms with van der Waals surface area (Å²) in [6, 6.07) is 5.21. The molecule has 1 aliphatic heterocycles. The van der Waals surface area contributed by atoms with Gasteiger partial charge in [0.05, 0.1) is 11.6 Å². The van der Waals surface area contributed by atoms with Gasteiger partial charge in [0.25, 0.3) is 5.75 Å². The maximum atomic E-state index is 9.73. The fourth-order valence-electron chi connectivity index (χ4n) is 2.25. The normalized spacial score (nSPS) is 16.3. The van der Waals surface area contributed by atoms with Crippen LogP contribution in [0.1, 0.15) is 17.2 Å². The summed E-state index contributed by atoms with van der Waals surface area (Å²) in [5, 5.41) is 47.7. The Hall–Kier alpha value is -3.02. The molecule has 6 nitrogen and oxygen atoms in total. The minimum Gasteiger partial charge on any atom is -0.574 e. The molecule has 21 heavy (non-hydrogen) atoms. The Bertz CT molecular complexity index is 727.